The van der Waals surface area contributed by atoms with E-state index in [1.54, 1.807) is 7.11 Å². The summed E-state index contributed by atoms with van der Waals surface area (Å²) in [5.74, 6) is 1.38. The van der Waals surface area contributed by atoms with Gasteiger partial charge in [0.15, 0.2) is 5.82 Å². The molecule has 1 aliphatic rings. The van der Waals surface area contributed by atoms with Crippen molar-refractivity contribution in [1.82, 2.24) is 19.9 Å². The molecule has 1 saturated heterocycles. The topological polar surface area (TPSA) is 92.4 Å². The number of fused-ring (bicyclic) bond motifs is 1. The summed E-state index contributed by atoms with van der Waals surface area (Å²) >= 11 is 0. The van der Waals surface area contributed by atoms with Gasteiger partial charge in [-0.2, -0.15) is 9.97 Å². The molecule has 1 fully saturated rings. The third-order valence-corrected chi connectivity index (χ3v) is 6.72. The minimum Gasteiger partial charge on any atom is -0.497 e. The molecule has 0 spiro atoms. The summed E-state index contributed by atoms with van der Waals surface area (Å²) in [5.41, 5.74) is 3.07. The highest BCUT2D eigenvalue weighted by Gasteiger charge is 2.14. The number of H-pyrrole nitrogens is 1. The molecule has 0 unspecified atom stereocenters. The van der Waals surface area contributed by atoms with Gasteiger partial charge in [-0.05, 0) is 81.9 Å². The number of ether oxygens (including phenoxy) is 2. The second kappa shape index (κ2) is 13.3. The van der Waals surface area contributed by atoms with Gasteiger partial charge in [0.2, 0.25) is 0 Å². The Kier molecular flexibility index (Phi) is 9.55. The van der Waals surface area contributed by atoms with Crippen molar-refractivity contribution in [3.05, 3.63) is 51.8 Å². The van der Waals surface area contributed by atoms with Crippen molar-refractivity contribution in [2.75, 3.05) is 38.7 Å². The minimum absolute atomic E-state index is 0.0715. The minimum atomic E-state index is -0.0715. The van der Waals surface area contributed by atoms with Crippen LogP contribution in [-0.2, 0) is 13.0 Å². The first-order valence-corrected chi connectivity index (χ1v) is 13.3. The zero-order valence-corrected chi connectivity index (χ0v) is 21.6. The van der Waals surface area contributed by atoms with Crippen LogP contribution in [0.2, 0.25) is 0 Å². The lowest BCUT2D eigenvalue weighted by atomic mass is 10.1. The predicted octanol–water partition coefficient (Wildman–Crippen LogP) is 4.93. The van der Waals surface area contributed by atoms with E-state index < -0.39 is 0 Å². The monoisotopic (exact) mass is 493 g/mol. The summed E-state index contributed by atoms with van der Waals surface area (Å²) in [4.78, 5) is 27.7. The summed E-state index contributed by atoms with van der Waals surface area (Å²) in [5, 5.41) is 3.36. The Balaban J connectivity index is 1.47. The van der Waals surface area contributed by atoms with E-state index >= 15 is 0 Å². The van der Waals surface area contributed by atoms with Crippen LogP contribution in [0.3, 0.4) is 0 Å². The van der Waals surface area contributed by atoms with E-state index in [4.69, 9.17) is 9.47 Å². The van der Waals surface area contributed by atoms with Gasteiger partial charge < -0.3 is 24.7 Å². The Bertz CT molecular complexity index is 1160. The summed E-state index contributed by atoms with van der Waals surface area (Å²) in [7, 11) is 1.65. The zero-order chi connectivity index (χ0) is 25.2. The molecule has 0 amide bonds. The molecular weight excluding hydrogens is 454 g/mol. The number of nitrogens with zero attached hydrogens (tertiary/aromatic N) is 3. The number of aromatic amines is 1. The molecule has 36 heavy (non-hydrogen) atoms. The van der Waals surface area contributed by atoms with Gasteiger partial charge in [0.25, 0.3) is 5.56 Å². The molecule has 0 atom stereocenters. The van der Waals surface area contributed by atoms with E-state index in [1.165, 1.54) is 38.9 Å². The summed E-state index contributed by atoms with van der Waals surface area (Å²) in [6.07, 6.45) is 8.67. The molecule has 3 heterocycles. The zero-order valence-electron chi connectivity index (χ0n) is 21.6. The Morgan fingerprint density at radius 1 is 1.06 bits per heavy atom. The number of unbranched alkanes of at least 4 members (excludes halogenated alkanes) is 3. The molecule has 1 aliphatic heterocycles. The third-order valence-electron chi connectivity index (χ3n) is 6.72. The van der Waals surface area contributed by atoms with Crippen LogP contribution in [-0.4, -0.2) is 53.2 Å². The number of likely N-dealkylation sites (tertiary alicyclic amines) is 1. The first-order valence-electron chi connectivity index (χ1n) is 13.3. The second-order valence-corrected chi connectivity index (χ2v) is 9.50. The fourth-order valence-corrected chi connectivity index (χ4v) is 4.56. The average Bonchev–Trinajstić information content (AvgIpc) is 3.42. The fourth-order valence-electron chi connectivity index (χ4n) is 4.56. The van der Waals surface area contributed by atoms with Gasteiger partial charge in [0.1, 0.15) is 11.3 Å². The molecule has 3 aromatic rings. The van der Waals surface area contributed by atoms with Gasteiger partial charge in [-0.25, -0.2) is 0 Å². The molecule has 0 saturated carbocycles. The van der Waals surface area contributed by atoms with Crippen molar-refractivity contribution < 1.29 is 9.47 Å². The van der Waals surface area contributed by atoms with E-state index in [-0.39, 0.29) is 5.56 Å². The van der Waals surface area contributed by atoms with Crippen LogP contribution in [0.15, 0.2) is 35.1 Å². The Labute approximate surface area is 213 Å². The molecule has 0 radical (unpaired) electrons. The van der Waals surface area contributed by atoms with Crippen molar-refractivity contribution in [1.29, 1.82) is 0 Å². The molecule has 4 rings (SSSR count). The molecule has 8 nitrogen and oxygen atoms in total. The quantitative estimate of drug-likeness (QED) is 0.308. The number of anilines is 1. The van der Waals surface area contributed by atoms with Gasteiger partial charge in [0.05, 0.1) is 19.2 Å². The SMILES string of the molecule is CCCCOc1nc(NCc2ccc(OC)cc2)c2[nH]c(=O)c(CCCCCN3CCCC3)cc2n1. The van der Waals surface area contributed by atoms with E-state index in [2.05, 4.69) is 32.1 Å². The molecule has 8 heteroatoms. The molecular formula is C28H39N5O3. The van der Waals surface area contributed by atoms with Crippen LogP contribution in [0.25, 0.3) is 11.0 Å². The van der Waals surface area contributed by atoms with E-state index in [0.717, 1.165) is 49.0 Å². The molecule has 194 valence electrons. The van der Waals surface area contributed by atoms with Gasteiger partial charge in [-0.3, -0.25) is 4.79 Å². The predicted molar refractivity (Wildman–Crippen MR) is 144 cm³/mol. The second-order valence-electron chi connectivity index (χ2n) is 9.50. The third kappa shape index (κ3) is 7.20. The maximum absolute atomic E-state index is 12.9. The Hall–Kier alpha value is -3.13. The number of methoxy groups -OCH3 is 1. The first kappa shape index (κ1) is 25.9. The molecule has 1 aromatic carbocycles. The highest BCUT2D eigenvalue weighted by Crippen LogP contribution is 2.23. The molecule has 0 bridgehead atoms. The first-order chi connectivity index (χ1) is 17.7. The van der Waals surface area contributed by atoms with Crippen molar-refractivity contribution in [2.45, 2.75) is 64.8 Å². The van der Waals surface area contributed by atoms with Crippen LogP contribution in [0.4, 0.5) is 5.82 Å². The van der Waals surface area contributed by atoms with E-state index in [0.29, 0.717) is 36.0 Å². The largest absolute Gasteiger partial charge is 0.497 e. The lowest BCUT2D eigenvalue weighted by Crippen LogP contribution is -2.20. The number of aryl methyl sites for hydroxylation is 1. The Morgan fingerprint density at radius 3 is 2.61 bits per heavy atom. The number of hydrogen-bond acceptors (Lipinski definition) is 7. The van der Waals surface area contributed by atoms with Gasteiger partial charge in [-0.1, -0.05) is 31.9 Å². The smallest absolute Gasteiger partial charge is 0.319 e. The maximum Gasteiger partial charge on any atom is 0.319 e. The summed E-state index contributed by atoms with van der Waals surface area (Å²) < 4.78 is 11.1. The number of aromatic nitrogens is 3. The number of rotatable bonds is 14. The van der Waals surface area contributed by atoms with Crippen LogP contribution in [0, 0.1) is 0 Å². The number of pyridine rings is 1. The number of hydrogen-bond donors (Lipinski definition) is 2. The van der Waals surface area contributed by atoms with Crippen LogP contribution >= 0.6 is 0 Å². The highest BCUT2D eigenvalue weighted by molar-refractivity contribution is 5.85. The van der Waals surface area contributed by atoms with Gasteiger partial charge in [-0.15, -0.1) is 0 Å². The summed E-state index contributed by atoms with van der Waals surface area (Å²) in [6.45, 7) is 6.87. The lowest BCUT2D eigenvalue weighted by Gasteiger charge is -2.14. The number of benzene rings is 1. The standard InChI is InChI=1S/C28H39N5O3/c1-3-4-18-36-28-30-24-19-22(10-6-5-7-15-33-16-8-9-17-33)27(34)31-25(24)26(32-28)29-20-21-11-13-23(35-2)14-12-21/h11-14,19H,3-10,15-18,20H2,1-2H3,(H,31,34)(H,29,30,32). The average molecular weight is 494 g/mol. The normalized spacial score (nSPS) is 13.8. The number of nitrogens with one attached hydrogen (secondary N) is 2. The lowest BCUT2D eigenvalue weighted by molar-refractivity contribution is 0.287. The van der Waals surface area contributed by atoms with Crippen LogP contribution in [0.5, 0.6) is 11.8 Å². The maximum atomic E-state index is 12.9. The van der Waals surface area contributed by atoms with E-state index in [9.17, 15) is 4.79 Å². The molecule has 0 aliphatic carbocycles. The summed E-state index contributed by atoms with van der Waals surface area (Å²) in [6, 6.07) is 10.1. The van der Waals surface area contributed by atoms with Crippen molar-refractivity contribution in [3.8, 4) is 11.8 Å². The fraction of sp³-hybridized carbons (Fsp3) is 0.536. The van der Waals surface area contributed by atoms with E-state index in [1.807, 2.05) is 30.3 Å². The van der Waals surface area contributed by atoms with Gasteiger partial charge in [0, 0.05) is 12.1 Å². The Morgan fingerprint density at radius 2 is 1.86 bits per heavy atom. The van der Waals surface area contributed by atoms with Crippen LogP contribution < -0.4 is 20.3 Å². The van der Waals surface area contributed by atoms with Gasteiger partial charge >= 0.3 is 6.01 Å². The van der Waals surface area contributed by atoms with Crippen molar-refractivity contribution in [3.63, 3.8) is 0 Å². The van der Waals surface area contributed by atoms with Crippen molar-refractivity contribution in [2.24, 2.45) is 0 Å². The molecule has 2 aromatic heterocycles. The highest BCUT2D eigenvalue weighted by atomic mass is 16.5. The molecule has 2 N–H and O–H groups in total. The van der Waals surface area contributed by atoms with Crippen LogP contribution in [0.1, 0.15) is 63.0 Å². The van der Waals surface area contributed by atoms with Crippen molar-refractivity contribution >= 4 is 16.9 Å².